The highest BCUT2D eigenvalue weighted by atomic mass is 16.7. The molecule has 9 heteroatoms. The predicted molar refractivity (Wildman–Crippen MR) is 157 cm³/mol. The van der Waals surface area contributed by atoms with Gasteiger partial charge in [0.25, 0.3) is 0 Å². The van der Waals surface area contributed by atoms with E-state index in [1.54, 1.807) is 0 Å². The molecular weight excluding hydrogens is 532 g/mol. The van der Waals surface area contributed by atoms with Gasteiger partial charge in [-0.2, -0.15) is 0 Å². The van der Waals surface area contributed by atoms with E-state index in [-0.39, 0.29) is 30.9 Å². The number of aromatic nitrogens is 1. The monoisotopic (exact) mass is 570 g/mol. The topological polar surface area (TPSA) is 76.6 Å². The van der Waals surface area contributed by atoms with Gasteiger partial charge in [-0.15, -0.1) is 0 Å². The summed E-state index contributed by atoms with van der Waals surface area (Å²) in [4.78, 5) is 25.4. The predicted octanol–water partition coefficient (Wildman–Crippen LogP) is 5.53. The third kappa shape index (κ3) is 5.51. The number of rotatable bonds is 7. The molecule has 3 saturated heterocycles. The molecule has 2 aromatic carbocycles. The van der Waals surface area contributed by atoms with Crippen LogP contribution in [0.2, 0.25) is 0 Å². The highest BCUT2D eigenvalue weighted by Crippen LogP contribution is 2.38. The summed E-state index contributed by atoms with van der Waals surface area (Å²) in [5, 5.41) is 0. The molecular formula is C33H38N4O5. The van der Waals surface area contributed by atoms with E-state index < -0.39 is 0 Å². The standard InChI is InChI=1S/C33H38N4O5/c1-23-25(7-10-32(34-23)42-28-8-9-30-31(19-28)41-22-40-30)20-35-15-11-27(12-16-35)37-29(24-5-3-2-4-6-24)21-36(33(37)38)26-13-17-39-18-14-26/h2-10,19,26-27,29H,11-18,20-22H2,1H3/t29-/m0/s1. The fraction of sp³-hybridized carbons (Fsp3) is 0.455. The van der Waals surface area contributed by atoms with Crippen molar-refractivity contribution in [1.29, 1.82) is 0 Å². The number of pyridine rings is 1. The quantitative estimate of drug-likeness (QED) is 0.370. The number of ether oxygens (including phenoxy) is 4. The normalized spacial score (nSPS) is 21.7. The summed E-state index contributed by atoms with van der Waals surface area (Å²) in [6, 6.07) is 20.9. The number of carbonyl (C=O) groups is 1. The van der Waals surface area contributed by atoms with E-state index in [1.807, 2.05) is 37.3 Å². The molecule has 0 spiro atoms. The number of carbonyl (C=O) groups excluding carboxylic acids is 1. The first-order valence-corrected chi connectivity index (χ1v) is 15.1. The van der Waals surface area contributed by atoms with Gasteiger partial charge in [-0.1, -0.05) is 36.4 Å². The fourth-order valence-corrected chi connectivity index (χ4v) is 6.74. The van der Waals surface area contributed by atoms with Gasteiger partial charge in [0.1, 0.15) is 5.75 Å². The first-order valence-electron chi connectivity index (χ1n) is 15.1. The number of nitrogens with zero attached hydrogens (tertiary/aromatic N) is 4. The van der Waals surface area contributed by atoms with Crippen molar-refractivity contribution in [1.82, 2.24) is 19.7 Å². The van der Waals surface area contributed by atoms with Crippen molar-refractivity contribution in [2.75, 3.05) is 39.6 Å². The van der Waals surface area contributed by atoms with E-state index in [0.29, 0.717) is 17.4 Å². The SMILES string of the molecule is Cc1nc(Oc2ccc3c(c2)OCO3)ccc1CN1CCC(N2C(=O)N(C3CCOCC3)C[C@H]2c2ccccc2)CC1. The van der Waals surface area contributed by atoms with Crippen LogP contribution >= 0.6 is 0 Å². The Labute approximate surface area is 246 Å². The molecule has 0 N–H and O–H groups in total. The molecule has 0 unspecified atom stereocenters. The van der Waals surface area contributed by atoms with Crippen LogP contribution < -0.4 is 14.2 Å². The zero-order valence-corrected chi connectivity index (χ0v) is 24.1. The fourth-order valence-electron chi connectivity index (χ4n) is 6.74. The zero-order chi connectivity index (χ0) is 28.5. The van der Waals surface area contributed by atoms with Crippen molar-refractivity contribution < 1.29 is 23.7 Å². The highest BCUT2D eigenvalue weighted by molar-refractivity contribution is 5.78. The zero-order valence-electron chi connectivity index (χ0n) is 24.1. The van der Waals surface area contributed by atoms with Gasteiger partial charge in [0.05, 0.1) is 6.04 Å². The average molecular weight is 571 g/mol. The van der Waals surface area contributed by atoms with E-state index in [1.165, 1.54) is 11.1 Å². The molecule has 1 aromatic heterocycles. The second kappa shape index (κ2) is 11.8. The molecule has 0 radical (unpaired) electrons. The van der Waals surface area contributed by atoms with Crippen LogP contribution in [0, 0.1) is 6.92 Å². The van der Waals surface area contributed by atoms with Crippen LogP contribution in [0.15, 0.2) is 60.7 Å². The Kier molecular flexibility index (Phi) is 7.61. The van der Waals surface area contributed by atoms with E-state index in [2.05, 4.69) is 45.0 Å². The minimum Gasteiger partial charge on any atom is -0.454 e. The molecule has 3 aromatic rings. The Morgan fingerprint density at radius 3 is 2.48 bits per heavy atom. The second-order valence-corrected chi connectivity index (χ2v) is 11.6. The third-order valence-corrected chi connectivity index (χ3v) is 9.07. The van der Waals surface area contributed by atoms with Gasteiger partial charge in [-0.05, 0) is 55.9 Å². The Morgan fingerprint density at radius 2 is 1.69 bits per heavy atom. The molecule has 1 atom stereocenters. The first-order chi connectivity index (χ1) is 20.6. The lowest BCUT2D eigenvalue weighted by Crippen LogP contribution is -2.48. The summed E-state index contributed by atoms with van der Waals surface area (Å²) < 4.78 is 22.4. The first kappa shape index (κ1) is 27.0. The number of benzene rings is 2. The summed E-state index contributed by atoms with van der Waals surface area (Å²) >= 11 is 0. The van der Waals surface area contributed by atoms with Crippen molar-refractivity contribution in [2.24, 2.45) is 0 Å². The summed E-state index contributed by atoms with van der Waals surface area (Å²) in [6.45, 7) is 7.24. The molecule has 9 nitrogen and oxygen atoms in total. The number of aryl methyl sites for hydroxylation is 1. The average Bonchev–Trinajstić information content (AvgIpc) is 3.64. The minimum absolute atomic E-state index is 0.0989. The minimum atomic E-state index is 0.0989. The van der Waals surface area contributed by atoms with Gasteiger partial charge in [0.2, 0.25) is 12.7 Å². The van der Waals surface area contributed by atoms with E-state index in [9.17, 15) is 4.79 Å². The van der Waals surface area contributed by atoms with Gasteiger partial charge in [-0.25, -0.2) is 9.78 Å². The number of urea groups is 1. The third-order valence-electron chi connectivity index (χ3n) is 9.07. The Bertz CT molecular complexity index is 1400. The van der Waals surface area contributed by atoms with Crippen LogP contribution in [0.1, 0.15) is 48.5 Å². The van der Waals surface area contributed by atoms with Crippen molar-refractivity contribution in [3.63, 3.8) is 0 Å². The summed E-state index contributed by atoms with van der Waals surface area (Å²) in [6.07, 6.45) is 3.78. The maximum absolute atomic E-state index is 13.9. The molecule has 5 heterocycles. The maximum Gasteiger partial charge on any atom is 0.321 e. The van der Waals surface area contributed by atoms with Crippen molar-refractivity contribution >= 4 is 6.03 Å². The van der Waals surface area contributed by atoms with Crippen LogP contribution in [-0.2, 0) is 11.3 Å². The van der Waals surface area contributed by atoms with Crippen LogP contribution in [0.25, 0.3) is 0 Å². The van der Waals surface area contributed by atoms with Crippen LogP contribution in [0.4, 0.5) is 4.79 Å². The highest BCUT2D eigenvalue weighted by Gasteiger charge is 2.45. The van der Waals surface area contributed by atoms with Gasteiger partial charge in [0, 0.05) is 69.3 Å². The molecule has 0 saturated carbocycles. The number of hydrogen-bond acceptors (Lipinski definition) is 7. The van der Waals surface area contributed by atoms with E-state index in [4.69, 9.17) is 23.9 Å². The Morgan fingerprint density at radius 1 is 0.905 bits per heavy atom. The molecule has 42 heavy (non-hydrogen) atoms. The van der Waals surface area contributed by atoms with Gasteiger partial charge < -0.3 is 28.7 Å². The van der Waals surface area contributed by atoms with E-state index >= 15 is 0 Å². The maximum atomic E-state index is 13.9. The van der Waals surface area contributed by atoms with Crippen LogP contribution in [-0.4, -0.2) is 77.4 Å². The molecule has 4 aliphatic rings. The number of fused-ring (bicyclic) bond motifs is 1. The molecule has 4 aliphatic heterocycles. The molecule has 0 bridgehead atoms. The number of likely N-dealkylation sites (tertiary alicyclic amines) is 1. The van der Waals surface area contributed by atoms with Gasteiger partial charge in [-0.3, -0.25) is 4.90 Å². The number of hydrogen-bond donors (Lipinski definition) is 0. The van der Waals surface area contributed by atoms with Crippen molar-refractivity contribution in [3.8, 4) is 23.1 Å². The van der Waals surface area contributed by atoms with Crippen molar-refractivity contribution in [2.45, 2.75) is 57.3 Å². The number of amides is 2. The van der Waals surface area contributed by atoms with E-state index in [0.717, 1.165) is 76.5 Å². The molecule has 3 fully saturated rings. The summed E-state index contributed by atoms with van der Waals surface area (Å²) in [5.74, 6) is 2.64. The lowest BCUT2D eigenvalue weighted by Gasteiger charge is -2.39. The number of piperidine rings is 1. The molecule has 7 rings (SSSR count). The largest absolute Gasteiger partial charge is 0.454 e. The lowest BCUT2D eigenvalue weighted by atomic mass is 9.98. The smallest absolute Gasteiger partial charge is 0.321 e. The van der Waals surface area contributed by atoms with Crippen molar-refractivity contribution in [3.05, 3.63) is 77.5 Å². The van der Waals surface area contributed by atoms with Gasteiger partial charge in [0.15, 0.2) is 11.5 Å². The second-order valence-electron chi connectivity index (χ2n) is 11.6. The van der Waals surface area contributed by atoms with Gasteiger partial charge >= 0.3 is 6.03 Å². The van der Waals surface area contributed by atoms with Crippen LogP contribution in [0.3, 0.4) is 0 Å². The molecule has 2 amide bonds. The Hall–Kier alpha value is -3.82. The lowest BCUT2D eigenvalue weighted by molar-refractivity contribution is 0.0493. The summed E-state index contributed by atoms with van der Waals surface area (Å²) in [7, 11) is 0. The molecule has 0 aliphatic carbocycles. The Balaban J connectivity index is 0.990. The summed E-state index contributed by atoms with van der Waals surface area (Å²) in [5.41, 5.74) is 3.38. The molecule has 220 valence electrons. The van der Waals surface area contributed by atoms with Crippen LogP contribution in [0.5, 0.6) is 23.1 Å².